The highest BCUT2D eigenvalue weighted by molar-refractivity contribution is 7.89. The number of carbonyl (C=O) groups excluding carboxylic acids is 1. The van der Waals surface area contributed by atoms with E-state index in [2.05, 4.69) is 0 Å². The fourth-order valence-corrected chi connectivity index (χ4v) is 4.38. The molecule has 6 nitrogen and oxygen atoms in total. The van der Waals surface area contributed by atoms with E-state index in [1.165, 1.54) is 4.31 Å². The van der Waals surface area contributed by atoms with E-state index in [9.17, 15) is 13.2 Å². The number of aryl methyl sites for hydroxylation is 1. The molecule has 128 valence electrons. The molecule has 1 aromatic carbocycles. The Hall–Kier alpha value is -1.60. The summed E-state index contributed by atoms with van der Waals surface area (Å²) in [6.07, 6.45) is -0.382. The zero-order valence-electron chi connectivity index (χ0n) is 14.1. The summed E-state index contributed by atoms with van der Waals surface area (Å²) in [5.74, 6) is 0. The molecule has 1 heterocycles. The molecule has 0 spiro atoms. The van der Waals surface area contributed by atoms with E-state index >= 15 is 0 Å². The van der Waals surface area contributed by atoms with Crippen LogP contribution in [0.25, 0.3) is 0 Å². The average Bonchev–Trinajstić information content (AvgIpc) is 2.53. The molecule has 0 bridgehead atoms. The van der Waals surface area contributed by atoms with Crippen molar-refractivity contribution in [3.63, 3.8) is 0 Å². The normalized spacial score (nSPS) is 16.4. The first-order chi connectivity index (χ1) is 10.8. The van der Waals surface area contributed by atoms with Gasteiger partial charge in [0.05, 0.1) is 11.5 Å². The van der Waals surface area contributed by atoms with Gasteiger partial charge < -0.3 is 9.64 Å². The van der Waals surface area contributed by atoms with Crippen LogP contribution in [0.3, 0.4) is 0 Å². The molecule has 1 aromatic rings. The average molecular weight is 340 g/mol. The maximum Gasteiger partial charge on any atom is 0.409 e. The first-order valence-corrected chi connectivity index (χ1v) is 9.21. The van der Waals surface area contributed by atoms with Gasteiger partial charge in [0.25, 0.3) is 0 Å². The number of hydrogen-bond acceptors (Lipinski definition) is 4. The molecule has 0 saturated carbocycles. The summed E-state index contributed by atoms with van der Waals surface area (Å²) in [7, 11) is -3.54. The zero-order valence-corrected chi connectivity index (χ0v) is 14.9. The number of amides is 1. The fourth-order valence-electron chi connectivity index (χ4n) is 2.68. The Morgan fingerprint density at radius 3 is 2.26 bits per heavy atom. The molecule has 1 aliphatic heterocycles. The summed E-state index contributed by atoms with van der Waals surface area (Å²) in [6.45, 7) is 9.08. The number of hydrogen-bond donors (Lipinski definition) is 0. The largest absolute Gasteiger partial charge is 0.450 e. The smallest absolute Gasteiger partial charge is 0.409 e. The van der Waals surface area contributed by atoms with Gasteiger partial charge in [0.1, 0.15) is 0 Å². The lowest BCUT2D eigenvalue weighted by Gasteiger charge is -2.33. The SMILES string of the molecule is CCOC(=O)N1CCN(S(=O)(=O)c2ccc(C)c(C)c2C)CC1. The minimum absolute atomic E-state index is 0.285. The molecule has 0 N–H and O–H groups in total. The number of piperazine rings is 1. The van der Waals surface area contributed by atoms with Crippen LogP contribution in [0.5, 0.6) is 0 Å². The predicted molar refractivity (Wildman–Crippen MR) is 88.0 cm³/mol. The van der Waals surface area contributed by atoms with Crippen LogP contribution in [0.1, 0.15) is 23.6 Å². The summed E-state index contributed by atoms with van der Waals surface area (Å²) < 4.78 is 32.1. The molecule has 1 amide bonds. The van der Waals surface area contributed by atoms with E-state index < -0.39 is 10.0 Å². The monoisotopic (exact) mass is 340 g/mol. The third-order valence-corrected chi connectivity index (χ3v) is 6.43. The minimum atomic E-state index is -3.54. The number of carbonyl (C=O) groups is 1. The standard InChI is InChI=1S/C16H24N2O4S/c1-5-22-16(19)17-8-10-18(11-9-17)23(20,21)15-7-6-12(2)13(3)14(15)4/h6-7H,5,8-11H2,1-4H3. The number of sulfonamides is 1. The van der Waals surface area contributed by atoms with Gasteiger partial charge in [-0.15, -0.1) is 0 Å². The van der Waals surface area contributed by atoms with Crippen molar-refractivity contribution in [1.82, 2.24) is 9.21 Å². The molecule has 0 aromatic heterocycles. The highest BCUT2D eigenvalue weighted by Gasteiger charge is 2.31. The summed E-state index contributed by atoms with van der Waals surface area (Å²) in [5, 5.41) is 0. The van der Waals surface area contributed by atoms with Gasteiger partial charge in [-0.25, -0.2) is 13.2 Å². The fraction of sp³-hybridized carbons (Fsp3) is 0.562. The van der Waals surface area contributed by atoms with Crippen LogP contribution in [0.2, 0.25) is 0 Å². The second-order valence-corrected chi connectivity index (χ2v) is 7.63. The van der Waals surface area contributed by atoms with E-state index in [0.717, 1.165) is 16.7 Å². The molecule has 1 aliphatic rings. The second-order valence-electron chi connectivity index (χ2n) is 5.72. The van der Waals surface area contributed by atoms with Gasteiger partial charge in [-0.2, -0.15) is 4.31 Å². The van der Waals surface area contributed by atoms with Crippen LogP contribution < -0.4 is 0 Å². The summed E-state index contributed by atoms with van der Waals surface area (Å²) in [5.41, 5.74) is 2.86. The molecule has 1 fully saturated rings. The Labute approximate surface area is 138 Å². The van der Waals surface area contributed by atoms with Crippen LogP contribution >= 0.6 is 0 Å². The molecule has 0 aliphatic carbocycles. The van der Waals surface area contributed by atoms with Gasteiger partial charge in [-0.3, -0.25) is 0 Å². The van der Waals surface area contributed by atoms with Gasteiger partial charge in [0.2, 0.25) is 10.0 Å². The highest BCUT2D eigenvalue weighted by Crippen LogP contribution is 2.25. The Bertz CT molecular complexity index is 692. The maximum atomic E-state index is 12.9. The Morgan fingerprint density at radius 2 is 1.70 bits per heavy atom. The minimum Gasteiger partial charge on any atom is -0.450 e. The summed E-state index contributed by atoms with van der Waals surface area (Å²) in [4.78, 5) is 13.6. The molecule has 23 heavy (non-hydrogen) atoms. The summed E-state index contributed by atoms with van der Waals surface area (Å²) >= 11 is 0. The Morgan fingerprint density at radius 1 is 1.09 bits per heavy atom. The summed E-state index contributed by atoms with van der Waals surface area (Å²) in [6, 6.07) is 3.51. The van der Waals surface area contributed by atoms with Crippen molar-refractivity contribution in [3.05, 3.63) is 28.8 Å². The zero-order chi connectivity index (χ0) is 17.2. The van der Waals surface area contributed by atoms with Gasteiger partial charge in [0.15, 0.2) is 0 Å². The van der Waals surface area contributed by atoms with Gasteiger partial charge in [0, 0.05) is 26.2 Å². The van der Waals surface area contributed by atoms with E-state index in [1.807, 2.05) is 26.8 Å². The number of ether oxygens (including phenoxy) is 1. The van der Waals surface area contributed by atoms with Gasteiger partial charge >= 0.3 is 6.09 Å². The van der Waals surface area contributed by atoms with E-state index in [-0.39, 0.29) is 19.2 Å². The van der Waals surface area contributed by atoms with Crippen LogP contribution in [0.4, 0.5) is 4.79 Å². The molecule has 0 unspecified atom stereocenters. The molecule has 2 rings (SSSR count). The Kier molecular flexibility index (Phi) is 5.31. The molecular formula is C16H24N2O4S. The Balaban J connectivity index is 2.17. The number of benzene rings is 1. The molecule has 0 atom stereocenters. The van der Waals surface area contributed by atoms with Crippen molar-refractivity contribution < 1.29 is 17.9 Å². The quantitative estimate of drug-likeness (QED) is 0.845. The molecule has 1 saturated heterocycles. The first kappa shape index (κ1) is 17.7. The van der Waals surface area contributed by atoms with Crippen molar-refractivity contribution in [2.24, 2.45) is 0 Å². The van der Waals surface area contributed by atoms with Crippen LogP contribution in [-0.2, 0) is 14.8 Å². The van der Waals surface area contributed by atoms with Crippen molar-refractivity contribution in [3.8, 4) is 0 Å². The lowest BCUT2D eigenvalue weighted by molar-refractivity contribution is 0.0934. The van der Waals surface area contributed by atoms with E-state index in [0.29, 0.717) is 24.6 Å². The van der Waals surface area contributed by atoms with Crippen molar-refractivity contribution >= 4 is 16.1 Å². The molecule has 7 heteroatoms. The van der Waals surface area contributed by atoms with Gasteiger partial charge in [-0.05, 0) is 50.5 Å². The highest BCUT2D eigenvalue weighted by atomic mass is 32.2. The first-order valence-electron chi connectivity index (χ1n) is 7.77. The van der Waals surface area contributed by atoms with E-state index in [4.69, 9.17) is 4.74 Å². The van der Waals surface area contributed by atoms with Crippen LogP contribution in [0.15, 0.2) is 17.0 Å². The topological polar surface area (TPSA) is 66.9 Å². The third-order valence-electron chi connectivity index (χ3n) is 4.39. The van der Waals surface area contributed by atoms with Crippen molar-refractivity contribution in [1.29, 1.82) is 0 Å². The van der Waals surface area contributed by atoms with Crippen LogP contribution in [0, 0.1) is 20.8 Å². The predicted octanol–water partition coefficient (Wildman–Crippen LogP) is 2.07. The van der Waals surface area contributed by atoms with Gasteiger partial charge in [-0.1, -0.05) is 6.07 Å². The van der Waals surface area contributed by atoms with Crippen molar-refractivity contribution in [2.45, 2.75) is 32.6 Å². The lowest BCUT2D eigenvalue weighted by Crippen LogP contribution is -2.50. The van der Waals surface area contributed by atoms with Crippen LogP contribution in [-0.4, -0.2) is 56.5 Å². The molecular weight excluding hydrogens is 316 g/mol. The molecule has 0 radical (unpaired) electrons. The number of rotatable bonds is 3. The van der Waals surface area contributed by atoms with E-state index in [1.54, 1.807) is 17.9 Å². The lowest BCUT2D eigenvalue weighted by atomic mass is 10.1. The second kappa shape index (κ2) is 6.88. The third kappa shape index (κ3) is 3.50. The van der Waals surface area contributed by atoms with Crippen molar-refractivity contribution in [2.75, 3.05) is 32.8 Å². The maximum absolute atomic E-state index is 12.9. The number of nitrogens with zero attached hydrogens (tertiary/aromatic N) is 2.